The third-order valence-electron chi connectivity index (χ3n) is 5.47. The molecule has 2 atom stereocenters. The second kappa shape index (κ2) is 7.18. The predicted molar refractivity (Wildman–Crippen MR) is 88.2 cm³/mol. The van der Waals surface area contributed by atoms with Crippen LogP contribution in [0.5, 0.6) is 0 Å². The molecule has 3 fully saturated rings. The highest BCUT2D eigenvalue weighted by molar-refractivity contribution is 5.80. The summed E-state index contributed by atoms with van der Waals surface area (Å²) in [6.45, 7) is 6.88. The lowest BCUT2D eigenvalue weighted by molar-refractivity contribution is -0.0817. The molecule has 0 spiro atoms. The van der Waals surface area contributed by atoms with Crippen molar-refractivity contribution in [2.24, 2.45) is 10.4 Å². The lowest BCUT2D eigenvalue weighted by atomic mass is 9.89. The molecule has 1 N–H and O–H groups in total. The van der Waals surface area contributed by atoms with Gasteiger partial charge in [-0.1, -0.05) is 19.8 Å². The Morgan fingerprint density at radius 2 is 1.95 bits per heavy atom. The van der Waals surface area contributed by atoms with E-state index in [0.29, 0.717) is 5.41 Å². The normalized spacial score (nSPS) is 32.5. The van der Waals surface area contributed by atoms with Gasteiger partial charge in [0, 0.05) is 33.3 Å². The second-order valence-corrected chi connectivity index (χ2v) is 7.33. The van der Waals surface area contributed by atoms with Crippen molar-refractivity contribution in [2.75, 3.05) is 39.9 Å². The Morgan fingerprint density at radius 3 is 2.64 bits per heavy atom. The molecule has 2 heterocycles. The number of nitrogens with one attached hydrogen (secondary N) is 1. The Kier molecular flexibility index (Phi) is 5.24. The molecular weight excluding hydrogens is 278 g/mol. The van der Waals surface area contributed by atoms with Gasteiger partial charge in [-0.05, 0) is 31.1 Å². The number of nitrogens with zero attached hydrogens (tertiary/aromatic N) is 2. The average Bonchev–Trinajstić information content (AvgIpc) is 3.20. The molecule has 5 nitrogen and oxygen atoms in total. The molecule has 1 saturated carbocycles. The number of hydrogen-bond acceptors (Lipinski definition) is 3. The Bertz CT molecular complexity index is 387. The molecule has 0 aromatic carbocycles. The van der Waals surface area contributed by atoms with Gasteiger partial charge in [0.1, 0.15) is 6.10 Å². The SMILES string of the molecule is CN=C(NCC1(C)CCCC1)N1CCOC(C2CCCO2)C1. The zero-order valence-electron chi connectivity index (χ0n) is 14.1. The minimum absolute atomic E-state index is 0.192. The standard InChI is InChI=1S/C17H31N3O2/c1-17(7-3-4-8-17)13-19-16(18-2)20-9-11-22-15(12-20)14-6-5-10-21-14/h14-15H,3-13H2,1-2H3,(H,18,19). The van der Waals surface area contributed by atoms with Gasteiger partial charge in [0.15, 0.2) is 5.96 Å². The summed E-state index contributed by atoms with van der Waals surface area (Å²) >= 11 is 0. The third kappa shape index (κ3) is 3.74. The van der Waals surface area contributed by atoms with Crippen molar-refractivity contribution in [3.63, 3.8) is 0 Å². The van der Waals surface area contributed by atoms with Crippen molar-refractivity contribution in [1.82, 2.24) is 10.2 Å². The summed E-state index contributed by atoms with van der Waals surface area (Å²) in [6, 6.07) is 0. The Morgan fingerprint density at radius 1 is 1.18 bits per heavy atom. The van der Waals surface area contributed by atoms with E-state index >= 15 is 0 Å². The summed E-state index contributed by atoms with van der Waals surface area (Å²) in [6.07, 6.45) is 8.16. The Hall–Kier alpha value is -0.810. The lowest BCUT2D eigenvalue weighted by Gasteiger charge is -2.38. The van der Waals surface area contributed by atoms with Crippen LogP contribution in [0.1, 0.15) is 45.4 Å². The van der Waals surface area contributed by atoms with E-state index in [1.165, 1.54) is 25.7 Å². The fourth-order valence-electron chi connectivity index (χ4n) is 4.02. The Labute approximate surface area is 134 Å². The zero-order valence-corrected chi connectivity index (χ0v) is 14.1. The summed E-state index contributed by atoms with van der Waals surface area (Å²) in [7, 11) is 1.88. The van der Waals surface area contributed by atoms with Crippen molar-refractivity contribution in [3.8, 4) is 0 Å². The molecule has 0 amide bonds. The van der Waals surface area contributed by atoms with Crippen molar-refractivity contribution in [2.45, 2.75) is 57.7 Å². The predicted octanol–water partition coefficient (Wildman–Crippen LogP) is 2.02. The van der Waals surface area contributed by atoms with Crippen LogP contribution in [0.25, 0.3) is 0 Å². The maximum absolute atomic E-state index is 5.94. The molecule has 3 aliphatic rings. The van der Waals surface area contributed by atoms with Crippen LogP contribution in [0.3, 0.4) is 0 Å². The monoisotopic (exact) mass is 309 g/mol. The second-order valence-electron chi connectivity index (χ2n) is 7.33. The van der Waals surface area contributed by atoms with E-state index in [1.54, 1.807) is 0 Å². The molecule has 2 unspecified atom stereocenters. The average molecular weight is 309 g/mol. The summed E-state index contributed by atoms with van der Waals surface area (Å²) in [4.78, 5) is 6.84. The summed E-state index contributed by atoms with van der Waals surface area (Å²) in [5.74, 6) is 1.03. The van der Waals surface area contributed by atoms with E-state index in [9.17, 15) is 0 Å². The molecule has 0 radical (unpaired) electrons. The van der Waals surface area contributed by atoms with Crippen molar-refractivity contribution >= 4 is 5.96 Å². The fourth-order valence-corrected chi connectivity index (χ4v) is 4.02. The van der Waals surface area contributed by atoms with Crippen molar-refractivity contribution in [1.29, 1.82) is 0 Å². The molecule has 0 aromatic rings. The highest BCUT2D eigenvalue weighted by atomic mass is 16.5. The van der Waals surface area contributed by atoms with Crippen LogP contribution in [0.2, 0.25) is 0 Å². The number of ether oxygens (including phenoxy) is 2. The smallest absolute Gasteiger partial charge is 0.193 e. The van der Waals surface area contributed by atoms with E-state index in [4.69, 9.17) is 9.47 Å². The van der Waals surface area contributed by atoms with E-state index in [0.717, 1.165) is 51.6 Å². The first kappa shape index (κ1) is 16.1. The number of aliphatic imine (C=N–C) groups is 1. The van der Waals surface area contributed by atoms with Gasteiger partial charge in [0.25, 0.3) is 0 Å². The maximum Gasteiger partial charge on any atom is 0.193 e. The molecule has 126 valence electrons. The highest BCUT2D eigenvalue weighted by Crippen LogP contribution is 2.36. The van der Waals surface area contributed by atoms with Crippen LogP contribution in [-0.4, -0.2) is 63.0 Å². The van der Waals surface area contributed by atoms with Gasteiger partial charge in [-0.3, -0.25) is 4.99 Å². The van der Waals surface area contributed by atoms with Crippen LogP contribution in [0, 0.1) is 5.41 Å². The topological polar surface area (TPSA) is 46.1 Å². The van der Waals surface area contributed by atoms with Crippen LogP contribution in [-0.2, 0) is 9.47 Å². The van der Waals surface area contributed by atoms with Gasteiger partial charge in [-0.25, -0.2) is 0 Å². The first-order valence-electron chi connectivity index (χ1n) is 8.89. The molecule has 2 saturated heterocycles. The van der Waals surface area contributed by atoms with Gasteiger partial charge < -0.3 is 19.7 Å². The number of hydrogen-bond donors (Lipinski definition) is 1. The number of morpholine rings is 1. The van der Waals surface area contributed by atoms with Crippen LogP contribution < -0.4 is 5.32 Å². The summed E-state index contributed by atoms with van der Waals surface area (Å²) in [5.41, 5.74) is 0.441. The summed E-state index contributed by atoms with van der Waals surface area (Å²) in [5, 5.41) is 3.61. The quantitative estimate of drug-likeness (QED) is 0.640. The van der Waals surface area contributed by atoms with Gasteiger partial charge in [0.05, 0.1) is 12.7 Å². The van der Waals surface area contributed by atoms with E-state index in [2.05, 4.69) is 22.1 Å². The van der Waals surface area contributed by atoms with E-state index < -0.39 is 0 Å². The minimum Gasteiger partial charge on any atom is -0.375 e. The number of guanidine groups is 1. The minimum atomic E-state index is 0.192. The zero-order chi connectivity index (χ0) is 15.4. The molecular formula is C17H31N3O2. The van der Waals surface area contributed by atoms with Crippen LogP contribution in [0.15, 0.2) is 4.99 Å². The van der Waals surface area contributed by atoms with Crippen molar-refractivity contribution in [3.05, 3.63) is 0 Å². The summed E-state index contributed by atoms with van der Waals surface area (Å²) < 4.78 is 11.7. The first-order chi connectivity index (χ1) is 10.7. The van der Waals surface area contributed by atoms with Crippen LogP contribution >= 0.6 is 0 Å². The third-order valence-corrected chi connectivity index (χ3v) is 5.47. The molecule has 1 aliphatic carbocycles. The molecule has 0 aromatic heterocycles. The maximum atomic E-state index is 5.94. The van der Waals surface area contributed by atoms with E-state index in [-0.39, 0.29) is 12.2 Å². The first-order valence-corrected chi connectivity index (χ1v) is 8.89. The van der Waals surface area contributed by atoms with Crippen LogP contribution in [0.4, 0.5) is 0 Å². The molecule has 3 rings (SSSR count). The number of rotatable bonds is 3. The lowest BCUT2D eigenvalue weighted by Crippen LogP contribution is -2.54. The van der Waals surface area contributed by atoms with Crippen molar-refractivity contribution < 1.29 is 9.47 Å². The van der Waals surface area contributed by atoms with Gasteiger partial charge in [-0.15, -0.1) is 0 Å². The van der Waals surface area contributed by atoms with E-state index in [1.807, 2.05) is 7.05 Å². The largest absolute Gasteiger partial charge is 0.375 e. The molecule has 0 bridgehead atoms. The van der Waals surface area contributed by atoms with Gasteiger partial charge >= 0.3 is 0 Å². The molecule has 22 heavy (non-hydrogen) atoms. The fraction of sp³-hybridized carbons (Fsp3) is 0.941. The highest BCUT2D eigenvalue weighted by Gasteiger charge is 2.33. The Balaban J connectivity index is 1.53. The van der Waals surface area contributed by atoms with Gasteiger partial charge in [0.2, 0.25) is 0 Å². The molecule has 5 heteroatoms. The van der Waals surface area contributed by atoms with Gasteiger partial charge in [-0.2, -0.15) is 0 Å². The molecule has 2 aliphatic heterocycles.